The van der Waals surface area contributed by atoms with Gasteiger partial charge in [-0.15, -0.1) is 0 Å². The van der Waals surface area contributed by atoms with Crippen LogP contribution in [0.4, 0.5) is 0 Å². The van der Waals surface area contributed by atoms with Crippen LogP contribution >= 0.6 is 0 Å². The van der Waals surface area contributed by atoms with Gasteiger partial charge < -0.3 is 20.5 Å². The molecule has 0 aliphatic rings. The molecule has 1 heterocycles. The van der Waals surface area contributed by atoms with Crippen LogP contribution in [-0.4, -0.2) is 26.3 Å². The fourth-order valence-electron chi connectivity index (χ4n) is 3.94. The molecule has 1 atom stereocenters. The molecule has 0 bridgehead atoms. The number of nitrogens with two attached hydrogens (primary N) is 1. The molecule has 1 unspecified atom stereocenters. The van der Waals surface area contributed by atoms with Crippen molar-refractivity contribution in [3.05, 3.63) is 64.8 Å². The van der Waals surface area contributed by atoms with Gasteiger partial charge in [0, 0.05) is 29.6 Å². The highest BCUT2D eigenvalue weighted by molar-refractivity contribution is 5.87. The zero-order chi connectivity index (χ0) is 21.3. The topological polar surface area (TPSA) is 88.5 Å². The Hall–Kier alpha value is -2.79. The van der Waals surface area contributed by atoms with Gasteiger partial charge in [0.25, 0.3) is 0 Å². The Morgan fingerprint density at radius 1 is 1.21 bits per heavy atom. The molecule has 29 heavy (non-hydrogen) atoms. The summed E-state index contributed by atoms with van der Waals surface area (Å²) in [5, 5.41) is 20.8. The van der Waals surface area contributed by atoms with Crippen LogP contribution in [0.1, 0.15) is 55.5 Å². The van der Waals surface area contributed by atoms with Crippen molar-refractivity contribution in [3.63, 3.8) is 0 Å². The number of phenols is 1. The van der Waals surface area contributed by atoms with E-state index < -0.39 is 11.5 Å². The average molecular weight is 395 g/mol. The third-order valence-electron chi connectivity index (χ3n) is 5.97. The maximum Gasteiger partial charge on any atom is 0.324 e. The number of aliphatic carboxylic acids is 1. The second-order valence-electron chi connectivity index (χ2n) is 8.21. The van der Waals surface area contributed by atoms with Crippen LogP contribution in [0.2, 0.25) is 0 Å². The van der Waals surface area contributed by atoms with E-state index in [4.69, 9.17) is 5.73 Å². The summed E-state index contributed by atoms with van der Waals surface area (Å²) in [6, 6.07) is 13.8. The minimum atomic E-state index is -1.29. The number of aromatic nitrogens is 1. The van der Waals surface area contributed by atoms with Gasteiger partial charge in [0.15, 0.2) is 0 Å². The number of nitrogens with zero attached hydrogens (tertiary/aromatic N) is 1. The maximum absolute atomic E-state index is 11.8. The molecule has 154 valence electrons. The van der Waals surface area contributed by atoms with E-state index in [-0.39, 0.29) is 12.3 Å². The Morgan fingerprint density at radius 2 is 1.90 bits per heavy atom. The van der Waals surface area contributed by atoms with Gasteiger partial charge in [-0.2, -0.15) is 0 Å². The summed E-state index contributed by atoms with van der Waals surface area (Å²) in [6.07, 6.45) is 0.641. The Bertz CT molecular complexity index is 1050. The molecule has 5 nitrogen and oxygen atoms in total. The van der Waals surface area contributed by atoms with Gasteiger partial charge in [-0.25, -0.2) is 0 Å². The van der Waals surface area contributed by atoms with Gasteiger partial charge in [-0.3, -0.25) is 4.79 Å². The summed E-state index contributed by atoms with van der Waals surface area (Å²) in [5.74, 6) is -0.432. The van der Waals surface area contributed by atoms with Crippen molar-refractivity contribution in [3.8, 4) is 5.75 Å². The number of phenolic OH excluding ortho intramolecular Hbond substituents is 1. The first kappa shape index (κ1) is 20.9. The van der Waals surface area contributed by atoms with E-state index in [1.165, 1.54) is 0 Å². The molecule has 0 spiro atoms. The molecule has 4 N–H and O–H groups in total. The molecular weight excluding hydrogens is 364 g/mol. The average Bonchev–Trinajstić information content (AvgIpc) is 2.94. The molecule has 0 saturated carbocycles. The largest absolute Gasteiger partial charge is 0.508 e. The lowest BCUT2D eigenvalue weighted by Crippen LogP contribution is -2.49. The number of para-hydroxylation sites is 1. The molecule has 0 aliphatic carbocycles. The molecule has 5 heteroatoms. The highest BCUT2D eigenvalue weighted by Gasteiger charge is 2.34. The molecule has 3 aromatic rings. The third-order valence-corrected chi connectivity index (χ3v) is 5.97. The van der Waals surface area contributed by atoms with Crippen molar-refractivity contribution in [2.24, 2.45) is 5.73 Å². The van der Waals surface area contributed by atoms with Crippen molar-refractivity contribution < 1.29 is 15.0 Å². The number of aromatic hydroxyl groups is 1. The lowest BCUT2D eigenvalue weighted by Gasteiger charge is -2.23. The van der Waals surface area contributed by atoms with Crippen LogP contribution in [0.15, 0.2) is 42.5 Å². The van der Waals surface area contributed by atoms with E-state index in [9.17, 15) is 15.0 Å². The minimum Gasteiger partial charge on any atom is -0.508 e. The fourth-order valence-corrected chi connectivity index (χ4v) is 3.94. The van der Waals surface area contributed by atoms with Crippen molar-refractivity contribution in [1.82, 2.24) is 4.57 Å². The molecule has 1 aromatic heterocycles. The molecule has 0 fully saturated rings. The number of hydrogen-bond donors (Lipinski definition) is 3. The van der Waals surface area contributed by atoms with E-state index >= 15 is 0 Å². The van der Waals surface area contributed by atoms with Crippen molar-refractivity contribution >= 4 is 16.9 Å². The van der Waals surface area contributed by atoms with Crippen molar-refractivity contribution in [2.45, 2.75) is 58.5 Å². The molecule has 0 saturated heterocycles. The lowest BCUT2D eigenvalue weighted by molar-refractivity contribution is -0.143. The molecular formula is C24H30N2O3. The van der Waals surface area contributed by atoms with Crippen LogP contribution in [0, 0.1) is 6.92 Å². The number of fused-ring (bicyclic) bond motifs is 1. The first-order valence-corrected chi connectivity index (χ1v) is 10.1. The zero-order valence-corrected chi connectivity index (χ0v) is 17.6. The van der Waals surface area contributed by atoms with Gasteiger partial charge in [0.1, 0.15) is 11.3 Å². The van der Waals surface area contributed by atoms with Crippen molar-refractivity contribution in [2.75, 3.05) is 0 Å². The summed E-state index contributed by atoms with van der Waals surface area (Å²) < 4.78 is 2.21. The predicted octanol–water partition coefficient (Wildman–Crippen LogP) is 4.56. The first-order valence-electron chi connectivity index (χ1n) is 10.1. The Morgan fingerprint density at radius 3 is 2.52 bits per heavy atom. The second kappa shape index (κ2) is 7.91. The van der Waals surface area contributed by atoms with Gasteiger partial charge in [-0.05, 0) is 48.1 Å². The zero-order valence-electron chi connectivity index (χ0n) is 17.6. The Balaban J connectivity index is 2.10. The number of rotatable bonds is 7. The molecule has 0 aliphatic heterocycles. The monoisotopic (exact) mass is 394 g/mol. The normalized spacial score (nSPS) is 13.7. The van der Waals surface area contributed by atoms with Crippen LogP contribution in [0.25, 0.3) is 10.9 Å². The van der Waals surface area contributed by atoms with Crippen LogP contribution in [-0.2, 0) is 17.8 Å². The SMILES string of the molecule is CCC(N)(Cc1c(C)n(Cc2ccc(O)c(C(C)C)c2)c2ccccc12)C(=O)O. The van der Waals surface area contributed by atoms with Crippen LogP contribution in [0.5, 0.6) is 5.75 Å². The highest BCUT2D eigenvalue weighted by atomic mass is 16.4. The van der Waals surface area contributed by atoms with Gasteiger partial charge in [0.05, 0.1) is 0 Å². The maximum atomic E-state index is 11.8. The van der Waals surface area contributed by atoms with Crippen LogP contribution < -0.4 is 5.73 Å². The molecule has 0 radical (unpaired) electrons. The van der Waals surface area contributed by atoms with E-state index in [2.05, 4.69) is 24.5 Å². The summed E-state index contributed by atoms with van der Waals surface area (Å²) in [4.78, 5) is 11.8. The van der Waals surface area contributed by atoms with Gasteiger partial charge >= 0.3 is 5.97 Å². The lowest BCUT2D eigenvalue weighted by atomic mass is 9.88. The Kier molecular flexibility index (Phi) is 5.71. The number of carbonyl (C=O) groups is 1. The van der Waals surface area contributed by atoms with Crippen molar-refractivity contribution in [1.29, 1.82) is 0 Å². The first-order chi connectivity index (χ1) is 13.7. The van der Waals surface area contributed by atoms with E-state index in [1.54, 1.807) is 6.07 Å². The summed E-state index contributed by atoms with van der Waals surface area (Å²) >= 11 is 0. The third kappa shape index (κ3) is 3.87. The molecule has 2 aromatic carbocycles. The number of carboxylic acids is 1. The molecule has 0 amide bonds. The van der Waals surface area contributed by atoms with Gasteiger partial charge in [0.2, 0.25) is 0 Å². The van der Waals surface area contributed by atoms with E-state index in [1.807, 2.05) is 44.2 Å². The summed E-state index contributed by atoms with van der Waals surface area (Å²) in [6.45, 7) is 8.60. The quantitative estimate of drug-likeness (QED) is 0.548. The van der Waals surface area contributed by atoms with E-state index in [0.29, 0.717) is 18.7 Å². The summed E-state index contributed by atoms with van der Waals surface area (Å²) in [7, 11) is 0. The molecule has 3 rings (SSSR count). The predicted molar refractivity (Wildman–Crippen MR) is 117 cm³/mol. The number of carboxylic acid groups (broad SMARTS) is 1. The Labute approximate surface area is 171 Å². The minimum absolute atomic E-state index is 0.228. The standard InChI is InChI=1S/C24H30N2O3/c1-5-24(25,23(28)29)13-20-16(4)26(21-9-7-6-8-18(20)21)14-17-10-11-22(27)19(12-17)15(2)3/h6-12,15,27H,5,13-14,25H2,1-4H3,(H,28,29). The fraction of sp³-hybridized carbons (Fsp3) is 0.375. The smallest absolute Gasteiger partial charge is 0.324 e. The second-order valence-corrected chi connectivity index (χ2v) is 8.21. The number of benzene rings is 2. The number of hydrogen-bond acceptors (Lipinski definition) is 3. The van der Waals surface area contributed by atoms with Crippen LogP contribution in [0.3, 0.4) is 0 Å². The highest BCUT2D eigenvalue weighted by Crippen LogP contribution is 2.32. The van der Waals surface area contributed by atoms with Gasteiger partial charge in [-0.1, -0.05) is 51.1 Å². The summed E-state index contributed by atoms with van der Waals surface area (Å²) in [5.41, 5.74) is 10.0. The van der Waals surface area contributed by atoms with E-state index in [0.717, 1.165) is 33.3 Å².